The maximum atomic E-state index is 10.7. The van der Waals surface area contributed by atoms with Gasteiger partial charge in [-0.1, -0.05) is 5.16 Å². The molecule has 0 unspecified atom stereocenters. The summed E-state index contributed by atoms with van der Waals surface area (Å²) < 4.78 is 15.3. The van der Waals surface area contributed by atoms with Crippen LogP contribution in [0.4, 0.5) is 0 Å². The molecular formula is C12H9NO5. The zero-order chi connectivity index (χ0) is 12.7. The molecule has 6 heteroatoms. The molecular weight excluding hydrogens is 238 g/mol. The summed E-state index contributed by atoms with van der Waals surface area (Å²) in [5, 5.41) is 12.5. The zero-order valence-corrected chi connectivity index (χ0v) is 9.47. The van der Waals surface area contributed by atoms with E-state index in [2.05, 4.69) is 5.16 Å². The number of nitrogens with zero attached hydrogens (tertiary/aromatic N) is 1. The van der Waals surface area contributed by atoms with E-state index in [9.17, 15) is 4.79 Å². The number of carbonyl (C=O) groups is 1. The van der Waals surface area contributed by atoms with Crippen LogP contribution in [0.2, 0.25) is 0 Å². The standard InChI is InChI=1S/C12H9NO5/c1-6-2-9-10(17-5-16-9)3-7(6)8-4-11(12(14)15)18-13-8/h2-4H,5H2,1H3,(H,14,15). The largest absolute Gasteiger partial charge is 0.475 e. The first-order valence-corrected chi connectivity index (χ1v) is 5.26. The molecule has 0 saturated heterocycles. The maximum Gasteiger partial charge on any atom is 0.374 e. The molecule has 0 radical (unpaired) electrons. The summed E-state index contributed by atoms with van der Waals surface area (Å²) >= 11 is 0. The first-order chi connectivity index (χ1) is 8.65. The van der Waals surface area contributed by atoms with Crippen LogP contribution < -0.4 is 9.47 Å². The lowest BCUT2D eigenvalue weighted by atomic mass is 10.0. The highest BCUT2D eigenvalue weighted by Crippen LogP contribution is 2.38. The van der Waals surface area contributed by atoms with Crippen LogP contribution in [0.15, 0.2) is 22.7 Å². The van der Waals surface area contributed by atoms with Crippen molar-refractivity contribution in [2.45, 2.75) is 6.92 Å². The summed E-state index contributed by atoms with van der Waals surface area (Å²) in [5.74, 6) is -0.0390. The number of rotatable bonds is 2. The van der Waals surface area contributed by atoms with Crippen molar-refractivity contribution in [3.8, 4) is 22.8 Å². The van der Waals surface area contributed by atoms with Crippen molar-refractivity contribution >= 4 is 5.97 Å². The van der Waals surface area contributed by atoms with E-state index in [0.717, 1.165) is 11.1 Å². The number of carboxylic acid groups (broad SMARTS) is 1. The van der Waals surface area contributed by atoms with Crippen molar-refractivity contribution in [1.82, 2.24) is 5.16 Å². The molecule has 2 aromatic rings. The Kier molecular flexibility index (Phi) is 2.22. The second-order valence-electron chi connectivity index (χ2n) is 3.90. The SMILES string of the molecule is Cc1cc2c(cc1-c1cc(C(=O)O)on1)OCO2. The number of carboxylic acids is 1. The molecule has 18 heavy (non-hydrogen) atoms. The van der Waals surface area contributed by atoms with Gasteiger partial charge in [-0.15, -0.1) is 0 Å². The highest BCUT2D eigenvalue weighted by molar-refractivity contribution is 5.86. The number of fused-ring (bicyclic) bond motifs is 1. The number of aromatic nitrogens is 1. The number of benzene rings is 1. The topological polar surface area (TPSA) is 81.8 Å². The third-order valence-corrected chi connectivity index (χ3v) is 2.72. The van der Waals surface area contributed by atoms with Crippen LogP contribution >= 0.6 is 0 Å². The van der Waals surface area contributed by atoms with E-state index in [-0.39, 0.29) is 12.6 Å². The van der Waals surface area contributed by atoms with Gasteiger partial charge >= 0.3 is 5.97 Å². The van der Waals surface area contributed by atoms with Gasteiger partial charge in [0.25, 0.3) is 0 Å². The molecule has 6 nitrogen and oxygen atoms in total. The summed E-state index contributed by atoms with van der Waals surface area (Å²) in [6.45, 7) is 2.07. The average Bonchev–Trinajstić information content (AvgIpc) is 2.94. The minimum absolute atomic E-state index is 0.192. The lowest BCUT2D eigenvalue weighted by Gasteiger charge is -2.03. The van der Waals surface area contributed by atoms with Crippen molar-refractivity contribution in [2.24, 2.45) is 0 Å². The number of ether oxygens (including phenoxy) is 2. The molecule has 0 aliphatic carbocycles. The Hall–Kier alpha value is -2.50. The van der Waals surface area contributed by atoms with Crippen LogP contribution in [-0.2, 0) is 0 Å². The monoisotopic (exact) mass is 247 g/mol. The molecule has 0 spiro atoms. The van der Waals surface area contributed by atoms with Crippen LogP contribution in [0.25, 0.3) is 11.3 Å². The van der Waals surface area contributed by atoms with Gasteiger partial charge in [-0.3, -0.25) is 0 Å². The molecule has 1 aliphatic rings. The Morgan fingerprint density at radius 3 is 2.67 bits per heavy atom. The molecule has 1 aliphatic heterocycles. The van der Waals surface area contributed by atoms with Gasteiger partial charge in [0, 0.05) is 11.6 Å². The summed E-state index contributed by atoms with van der Waals surface area (Å²) in [6, 6.07) is 4.97. The molecule has 3 rings (SSSR count). The fourth-order valence-corrected chi connectivity index (χ4v) is 1.82. The molecule has 92 valence electrons. The Morgan fingerprint density at radius 1 is 1.28 bits per heavy atom. The Balaban J connectivity index is 2.08. The van der Waals surface area contributed by atoms with Crippen molar-refractivity contribution < 1.29 is 23.9 Å². The van der Waals surface area contributed by atoms with Gasteiger partial charge in [-0.2, -0.15) is 0 Å². The summed E-state index contributed by atoms with van der Waals surface area (Å²) in [7, 11) is 0. The molecule has 1 aromatic carbocycles. The fraction of sp³-hybridized carbons (Fsp3) is 0.167. The van der Waals surface area contributed by atoms with Crippen LogP contribution in [0, 0.1) is 6.92 Å². The third kappa shape index (κ3) is 1.58. The summed E-state index contributed by atoms with van der Waals surface area (Å²) in [4.78, 5) is 10.7. The first-order valence-electron chi connectivity index (χ1n) is 5.26. The molecule has 0 bridgehead atoms. The number of aryl methyl sites for hydroxylation is 1. The van der Waals surface area contributed by atoms with Gasteiger partial charge in [-0.05, 0) is 24.6 Å². The highest BCUT2D eigenvalue weighted by atomic mass is 16.7. The van der Waals surface area contributed by atoms with E-state index in [4.69, 9.17) is 19.1 Å². The second-order valence-corrected chi connectivity index (χ2v) is 3.90. The van der Waals surface area contributed by atoms with Crippen molar-refractivity contribution in [3.63, 3.8) is 0 Å². The van der Waals surface area contributed by atoms with Gasteiger partial charge in [0.1, 0.15) is 5.69 Å². The van der Waals surface area contributed by atoms with Crippen molar-refractivity contribution in [2.75, 3.05) is 6.79 Å². The quantitative estimate of drug-likeness (QED) is 0.874. The van der Waals surface area contributed by atoms with Gasteiger partial charge in [0.15, 0.2) is 11.5 Å². The smallest absolute Gasteiger partial charge is 0.374 e. The molecule has 0 fully saturated rings. The average molecular weight is 247 g/mol. The van der Waals surface area contributed by atoms with E-state index >= 15 is 0 Å². The lowest BCUT2D eigenvalue weighted by Crippen LogP contribution is -1.92. The van der Waals surface area contributed by atoms with E-state index in [0.29, 0.717) is 17.2 Å². The van der Waals surface area contributed by atoms with Crippen molar-refractivity contribution in [3.05, 3.63) is 29.5 Å². The van der Waals surface area contributed by atoms with Gasteiger partial charge < -0.3 is 19.1 Å². The Bertz CT molecular complexity index is 631. The van der Waals surface area contributed by atoms with Crippen molar-refractivity contribution in [1.29, 1.82) is 0 Å². The molecule has 0 atom stereocenters. The number of aromatic carboxylic acids is 1. The van der Waals surface area contributed by atoms with Crippen LogP contribution in [0.5, 0.6) is 11.5 Å². The van der Waals surface area contributed by atoms with Crippen LogP contribution in [0.1, 0.15) is 16.1 Å². The van der Waals surface area contributed by atoms with E-state index in [1.165, 1.54) is 6.07 Å². The molecule has 0 amide bonds. The summed E-state index contributed by atoms with van der Waals surface area (Å²) in [6.07, 6.45) is 0. The molecule has 2 heterocycles. The fourth-order valence-electron chi connectivity index (χ4n) is 1.82. The second kappa shape index (κ2) is 3.76. The summed E-state index contributed by atoms with van der Waals surface area (Å²) in [5.41, 5.74) is 2.13. The van der Waals surface area contributed by atoms with Gasteiger partial charge in [-0.25, -0.2) is 4.79 Å². The van der Waals surface area contributed by atoms with E-state index < -0.39 is 5.97 Å². The van der Waals surface area contributed by atoms with Gasteiger partial charge in [0.05, 0.1) is 0 Å². The Morgan fingerprint density at radius 2 is 2.00 bits per heavy atom. The van der Waals surface area contributed by atoms with E-state index in [1.807, 2.05) is 13.0 Å². The first kappa shape index (κ1) is 10.6. The third-order valence-electron chi connectivity index (χ3n) is 2.72. The minimum atomic E-state index is -1.15. The zero-order valence-electron chi connectivity index (χ0n) is 9.47. The highest BCUT2D eigenvalue weighted by Gasteiger charge is 2.19. The minimum Gasteiger partial charge on any atom is -0.475 e. The lowest BCUT2D eigenvalue weighted by molar-refractivity contribution is 0.0652. The Labute approximate surface area is 102 Å². The predicted octanol–water partition coefficient (Wildman–Crippen LogP) is 2.08. The maximum absolute atomic E-state index is 10.7. The van der Waals surface area contributed by atoms with Gasteiger partial charge in [0.2, 0.25) is 12.6 Å². The molecule has 1 N–H and O–H groups in total. The normalized spacial score (nSPS) is 12.7. The number of hydrogen-bond acceptors (Lipinski definition) is 5. The molecule has 0 saturated carbocycles. The molecule has 1 aromatic heterocycles. The number of hydrogen-bond donors (Lipinski definition) is 1. The predicted molar refractivity (Wildman–Crippen MR) is 59.8 cm³/mol. The van der Waals surface area contributed by atoms with Crippen LogP contribution in [-0.4, -0.2) is 23.0 Å². The van der Waals surface area contributed by atoms with E-state index in [1.54, 1.807) is 6.07 Å². The van der Waals surface area contributed by atoms with Crippen LogP contribution in [0.3, 0.4) is 0 Å².